The summed E-state index contributed by atoms with van der Waals surface area (Å²) in [7, 11) is 1.70. The van der Waals surface area contributed by atoms with E-state index in [4.69, 9.17) is 4.74 Å². The summed E-state index contributed by atoms with van der Waals surface area (Å²) in [5.74, 6) is 2.03. The van der Waals surface area contributed by atoms with Gasteiger partial charge in [0.1, 0.15) is 11.6 Å². The van der Waals surface area contributed by atoms with Crippen LogP contribution in [-0.2, 0) is 4.74 Å². The van der Waals surface area contributed by atoms with Gasteiger partial charge in [0.25, 0.3) is 0 Å². The van der Waals surface area contributed by atoms with E-state index in [1.54, 1.807) is 7.11 Å². The van der Waals surface area contributed by atoms with Gasteiger partial charge in [-0.15, -0.1) is 0 Å². The Morgan fingerprint density at radius 3 is 2.59 bits per heavy atom. The average molecular weight is 237 g/mol. The summed E-state index contributed by atoms with van der Waals surface area (Å²) in [5.41, 5.74) is 2.17. The third-order valence-corrected chi connectivity index (χ3v) is 2.81. The van der Waals surface area contributed by atoms with Crippen molar-refractivity contribution in [2.75, 3.05) is 25.6 Å². The van der Waals surface area contributed by atoms with E-state index in [2.05, 4.69) is 36.1 Å². The summed E-state index contributed by atoms with van der Waals surface area (Å²) in [4.78, 5) is 9.12. The van der Waals surface area contributed by atoms with Gasteiger partial charge in [0.15, 0.2) is 0 Å². The van der Waals surface area contributed by atoms with Crippen LogP contribution in [-0.4, -0.2) is 30.2 Å². The summed E-state index contributed by atoms with van der Waals surface area (Å²) in [6.45, 7) is 9.89. The first-order valence-electron chi connectivity index (χ1n) is 6.18. The summed E-state index contributed by atoms with van der Waals surface area (Å²) >= 11 is 0. The number of hydrogen-bond donors (Lipinski definition) is 1. The number of anilines is 1. The van der Waals surface area contributed by atoms with Crippen LogP contribution in [0.2, 0.25) is 0 Å². The van der Waals surface area contributed by atoms with Gasteiger partial charge >= 0.3 is 0 Å². The molecule has 0 amide bonds. The lowest BCUT2D eigenvalue weighted by atomic mass is 10.1. The van der Waals surface area contributed by atoms with Crippen molar-refractivity contribution in [3.63, 3.8) is 0 Å². The van der Waals surface area contributed by atoms with Gasteiger partial charge in [-0.1, -0.05) is 13.8 Å². The molecule has 1 N–H and O–H groups in total. The highest BCUT2D eigenvalue weighted by molar-refractivity contribution is 5.45. The Bertz CT molecular complexity index is 366. The molecular formula is C13H23N3O. The van der Waals surface area contributed by atoms with Crippen LogP contribution in [0.1, 0.15) is 43.3 Å². The number of nitrogens with zero attached hydrogens (tertiary/aromatic N) is 2. The molecule has 0 spiro atoms. The molecule has 1 aromatic heterocycles. The molecule has 4 nitrogen and oxygen atoms in total. The topological polar surface area (TPSA) is 47.0 Å². The second-order valence-corrected chi connectivity index (χ2v) is 4.42. The highest BCUT2D eigenvalue weighted by Gasteiger charge is 2.13. The van der Waals surface area contributed by atoms with Crippen LogP contribution in [0.15, 0.2) is 0 Å². The Morgan fingerprint density at radius 2 is 2.00 bits per heavy atom. The molecule has 0 bridgehead atoms. The van der Waals surface area contributed by atoms with Crippen molar-refractivity contribution < 1.29 is 4.74 Å². The van der Waals surface area contributed by atoms with E-state index in [0.717, 1.165) is 35.9 Å². The molecule has 1 atom stereocenters. The highest BCUT2D eigenvalue weighted by atomic mass is 16.5. The largest absolute Gasteiger partial charge is 0.384 e. The van der Waals surface area contributed by atoms with Crippen molar-refractivity contribution in [2.45, 2.75) is 40.0 Å². The van der Waals surface area contributed by atoms with Gasteiger partial charge in [0.05, 0.1) is 6.61 Å². The summed E-state index contributed by atoms with van der Waals surface area (Å²) < 4.78 is 5.15. The van der Waals surface area contributed by atoms with Crippen LogP contribution in [0.4, 0.5) is 5.82 Å². The lowest BCUT2D eigenvalue weighted by molar-refractivity contribution is 0.181. The zero-order valence-electron chi connectivity index (χ0n) is 11.5. The van der Waals surface area contributed by atoms with E-state index < -0.39 is 0 Å². The minimum Gasteiger partial charge on any atom is -0.384 e. The monoisotopic (exact) mass is 237 g/mol. The maximum absolute atomic E-state index is 5.15. The van der Waals surface area contributed by atoms with Crippen molar-refractivity contribution in [3.8, 4) is 0 Å². The predicted molar refractivity (Wildman–Crippen MR) is 70.6 cm³/mol. The van der Waals surface area contributed by atoms with E-state index in [9.17, 15) is 0 Å². The molecule has 0 aliphatic carbocycles. The SMILES string of the molecule is CCCNc1nc(C(C)COC)nc(C)c1C. The Labute approximate surface area is 104 Å². The molecule has 4 heteroatoms. The number of methoxy groups -OCH3 is 1. The Kier molecular flexibility index (Phi) is 5.35. The van der Waals surface area contributed by atoms with Gasteiger partial charge in [-0.25, -0.2) is 9.97 Å². The van der Waals surface area contributed by atoms with Gasteiger partial charge < -0.3 is 10.1 Å². The first-order valence-corrected chi connectivity index (χ1v) is 6.18. The standard InChI is InChI=1S/C13H23N3O/c1-6-7-14-13-10(3)11(4)15-12(16-13)9(2)8-17-5/h9H,6-8H2,1-5H3,(H,14,15,16). The van der Waals surface area contributed by atoms with E-state index in [0.29, 0.717) is 6.61 Å². The Morgan fingerprint density at radius 1 is 1.29 bits per heavy atom. The third-order valence-electron chi connectivity index (χ3n) is 2.81. The van der Waals surface area contributed by atoms with Crippen LogP contribution in [0.5, 0.6) is 0 Å². The van der Waals surface area contributed by atoms with Crippen molar-refractivity contribution in [1.82, 2.24) is 9.97 Å². The number of aromatic nitrogens is 2. The maximum Gasteiger partial charge on any atom is 0.136 e. The van der Waals surface area contributed by atoms with Crippen molar-refractivity contribution >= 4 is 5.82 Å². The van der Waals surface area contributed by atoms with Gasteiger partial charge in [0, 0.05) is 30.8 Å². The predicted octanol–water partition coefficient (Wildman–Crippen LogP) is 2.67. The van der Waals surface area contributed by atoms with Crippen molar-refractivity contribution in [2.24, 2.45) is 0 Å². The van der Waals surface area contributed by atoms with Crippen molar-refractivity contribution in [1.29, 1.82) is 0 Å². The van der Waals surface area contributed by atoms with Crippen LogP contribution < -0.4 is 5.32 Å². The highest BCUT2D eigenvalue weighted by Crippen LogP contribution is 2.19. The van der Waals surface area contributed by atoms with Crippen LogP contribution >= 0.6 is 0 Å². The smallest absolute Gasteiger partial charge is 0.136 e. The molecule has 1 aromatic rings. The first kappa shape index (κ1) is 13.9. The van der Waals surface area contributed by atoms with Gasteiger partial charge in [-0.05, 0) is 20.3 Å². The minimum atomic E-state index is 0.224. The molecule has 0 saturated heterocycles. The lowest BCUT2D eigenvalue weighted by Crippen LogP contribution is -2.13. The van der Waals surface area contributed by atoms with Crippen LogP contribution in [0, 0.1) is 13.8 Å². The zero-order chi connectivity index (χ0) is 12.8. The molecule has 1 heterocycles. The number of aryl methyl sites for hydroxylation is 1. The van der Waals surface area contributed by atoms with E-state index in [1.807, 2.05) is 6.92 Å². The first-order chi connectivity index (χ1) is 8.10. The zero-order valence-corrected chi connectivity index (χ0v) is 11.5. The quantitative estimate of drug-likeness (QED) is 0.826. The molecule has 1 rings (SSSR count). The number of hydrogen-bond acceptors (Lipinski definition) is 4. The third kappa shape index (κ3) is 3.66. The molecule has 0 aromatic carbocycles. The Hall–Kier alpha value is -1.16. The van der Waals surface area contributed by atoms with E-state index in [-0.39, 0.29) is 5.92 Å². The molecular weight excluding hydrogens is 214 g/mol. The fraction of sp³-hybridized carbons (Fsp3) is 0.692. The number of rotatable bonds is 6. The van der Waals surface area contributed by atoms with Crippen LogP contribution in [0.3, 0.4) is 0 Å². The van der Waals surface area contributed by atoms with Gasteiger partial charge in [0.2, 0.25) is 0 Å². The van der Waals surface area contributed by atoms with E-state index >= 15 is 0 Å². The fourth-order valence-corrected chi connectivity index (χ4v) is 1.61. The molecule has 0 radical (unpaired) electrons. The number of ether oxygens (including phenoxy) is 1. The average Bonchev–Trinajstić information content (AvgIpc) is 2.31. The summed E-state index contributed by atoms with van der Waals surface area (Å²) in [6.07, 6.45) is 1.09. The second-order valence-electron chi connectivity index (χ2n) is 4.42. The van der Waals surface area contributed by atoms with E-state index in [1.165, 1.54) is 0 Å². The van der Waals surface area contributed by atoms with Crippen molar-refractivity contribution in [3.05, 3.63) is 17.1 Å². The summed E-state index contributed by atoms with van der Waals surface area (Å²) in [5, 5.41) is 3.35. The Balaban J connectivity index is 2.96. The molecule has 17 heavy (non-hydrogen) atoms. The molecule has 0 saturated carbocycles. The lowest BCUT2D eigenvalue weighted by Gasteiger charge is -2.15. The minimum absolute atomic E-state index is 0.224. The van der Waals surface area contributed by atoms with Gasteiger partial charge in [-0.2, -0.15) is 0 Å². The molecule has 96 valence electrons. The maximum atomic E-state index is 5.15. The number of nitrogens with one attached hydrogen (secondary N) is 1. The molecule has 0 fully saturated rings. The van der Waals surface area contributed by atoms with Gasteiger partial charge in [-0.3, -0.25) is 0 Å². The molecule has 1 unspecified atom stereocenters. The van der Waals surface area contributed by atoms with Crippen LogP contribution in [0.25, 0.3) is 0 Å². The summed E-state index contributed by atoms with van der Waals surface area (Å²) in [6, 6.07) is 0. The normalized spacial score (nSPS) is 12.5. The fourth-order valence-electron chi connectivity index (χ4n) is 1.61. The molecule has 0 aliphatic rings. The molecule has 0 aliphatic heterocycles. The second kappa shape index (κ2) is 6.55.